The maximum absolute atomic E-state index is 12.8. The number of halogens is 1. The summed E-state index contributed by atoms with van der Waals surface area (Å²) in [6.45, 7) is 3.72. The molecule has 162 valence electrons. The Morgan fingerprint density at radius 1 is 1.00 bits per heavy atom. The zero-order valence-electron chi connectivity index (χ0n) is 17.3. The molecule has 0 fully saturated rings. The normalized spacial score (nSPS) is 12.1. The molecule has 0 heterocycles. The lowest BCUT2D eigenvalue weighted by molar-refractivity contribution is 0.0940. The van der Waals surface area contributed by atoms with Crippen molar-refractivity contribution in [1.82, 2.24) is 5.32 Å². The third-order valence-corrected chi connectivity index (χ3v) is 6.48. The average molecular weight is 459 g/mol. The third kappa shape index (κ3) is 5.57. The quantitative estimate of drug-likeness (QED) is 0.524. The van der Waals surface area contributed by atoms with Gasteiger partial charge in [0.25, 0.3) is 15.9 Å². The van der Waals surface area contributed by atoms with Crippen molar-refractivity contribution in [2.45, 2.75) is 24.8 Å². The fraction of sp³-hybridized carbons (Fsp3) is 0.174. The molecule has 0 saturated heterocycles. The largest absolute Gasteiger partial charge is 0.497 e. The van der Waals surface area contributed by atoms with E-state index in [2.05, 4.69) is 10.0 Å². The van der Waals surface area contributed by atoms with Crippen molar-refractivity contribution in [3.63, 3.8) is 0 Å². The standard InChI is InChI=1S/C23H23ClN2O4S/c1-15-4-11-20(12-5-15)31(28,29)26-18-8-13-22(24)21(14-18)23(27)25-16(2)17-6-9-19(30-3)10-7-17/h4-14,16,26H,1-3H3,(H,25,27)/t16-/m0/s1. The predicted molar refractivity (Wildman–Crippen MR) is 122 cm³/mol. The zero-order chi connectivity index (χ0) is 22.6. The van der Waals surface area contributed by atoms with Crippen LogP contribution in [0.5, 0.6) is 5.75 Å². The van der Waals surface area contributed by atoms with Gasteiger partial charge in [0.15, 0.2) is 0 Å². The van der Waals surface area contributed by atoms with Gasteiger partial charge in [-0.25, -0.2) is 8.42 Å². The van der Waals surface area contributed by atoms with Crippen molar-refractivity contribution in [3.05, 3.63) is 88.4 Å². The molecular formula is C23H23ClN2O4S. The molecule has 0 aromatic heterocycles. The van der Waals surface area contributed by atoms with E-state index in [4.69, 9.17) is 16.3 Å². The number of anilines is 1. The molecule has 0 bridgehead atoms. The fourth-order valence-corrected chi connectivity index (χ4v) is 4.20. The Balaban J connectivity index is 1.78. The molecular weight excluding hydrogens is 436 g/mol. The second kappa shape index (κ2) is 9.41. The van der Waals surface area contributed by atoms with Gasteiger partial charge in [-0.15, -0.1) is 0 Å². The minimum Gasteiger partial charge on any atom is -0.497 e. The van der Waals surface area contributed by atoms with Gasteiger partial charge in [-0.2, -0.15) is 0 Å². The van der Waals surface area contributed by atoms with Crippen molar-refractivity contribution in [2.24, 2.45) is 0 Å². The SMILES string of the molecule is COc1ccc([C@H](C)NC(=O)c2cc(NS(=O)(=O)c3ccc(C)cc3)ccc2Cl)cc1. The highest BCUT2D eigenvalue weighted by molar-refractivity contribution is 7.92. The summed E-state index contributed by atoms with van der Waals surface area (Å²) in [6, 6.07) is 18.0. The van der Waals surface area contributed by atoms with E-state index in [9.17, 15) is 13.2 Å². The number of nitrogens with one attached hydrogen (secondary N) is 2. The smallest absolute Gasteiger partial charge is 0.261 e. The van der Waals surface area contributed by atoms with Gasteiger partial charge >= 0.3 is 0 Å². The van der Waals surface area contributed by atoms with E-state index >= 15 is 0 Å². The number of amides is 1. The molecule has 0 radical (unpaired) electrons. The number of ether oxygens (including phenoxy) is 1. The van der Waals surface area contributed by atoms with Gasteiger partial charge in [-0.3, -0.25) is 9.52 Å². The summed E-state index contributed by atoms with van der Waals surface area (Å²) in [5, 5.41) is 3.10. The fourth-order valence-electron chi connectivity index (χ4n) is 2.94. The summed E-state index contributed by atoms with van der Waals surface area (Å²) in [7, 11) is -2.21. The maximum atomic E-state index is 12.8. The summed E-state index contributed by atoms with van der Waals surface area (Å²) >= 11 is 6.21. The van der Waals surface area contributed by atoms with E-state index in [-0.39, 0.29) is 27.2 Å². The molecule has 2 N–H and O–H groups in total. The summed E-state index contributed by atoms with van der Waals surface area (Å²) in [5.41, 5.74) is 2.26. The molecule has 0 aliphatic heterocycles. The first-order valence-electron chi connectivity index (χ1n) is 9.53. The first-order chi connectivity index (χ1) is 14.7. The van der Waals surface area contributed by atoms with Crippen LogP contribution in [0.3, 0.4) is 0 Å². The lowest BCUT2D eigenvalue weighted by Crippen LogP contribution is -2.27. The highest BCUT2D eigenvalue weighted by atomic mass is 35.5. The van der Waals surface area contributed by atoms with E-state index in [0.717, 1.165) is 16.9 Å². The number of carbonyl (C=O) groups excluding carboxylic acids is 1. The molecule has 1 amide bonds. The molecule has 1 atom stereocenters. The number of sulfonamides is 1. The molecule has 0 saturated carbocycles. The number of aryl methyl sites for hydroxylation is 1. The van der Waals surface area contributed by atoms with Crippen LogP contribution in [-0.4, -0.2) is 21.4 Å². The lowest BCUT2D eigenvalue weighted by atomic mass is 10.1. The molecule has 0 aliphatic carbocycles. The second-order valence-electron chi connectivity index (χ2n) is 7.08. The zero-order valence-corrected chi connectivity index (χ0v) is 18.9. The van der Waals surface area contributed by atoms with E-state index < -0.39 is 15.9 Å². The van der Waals surface area contributed by atoms with Crippen LogP contribution < -0.4 is 14.8 Å². The summed E-state index contributed by atoms with van der Waals surface area (Å²) < 4.78 is 32.9. The summed E-state index contributed by atoms with van der Waals surface area (Å²) in [6.07, 6.45) is 0. The topological polar surface area (TPSA) is 84.5 Å². The van der Waals surface area contributed by atoms with E-state index in [1.54, 1.807) is 19.2 Å². The van der Waals surface area contributed by atoms with Gasteiger partial charge in [0.2, 0.25) is 0 Å². The summed E-state index contributed by atoms with van der Waals surface area (Å²) in [5.74, 6) is 0.309. The Morgan fingerprint density at radius 3 is 2.26 bits per heavy atom. The molecule has 0 unspecified atom stereocenters. The second-order valence-corrected chi connectivity index (χ2v) is 9.17. The Morgan fingerprint density at radius 2 is 1.65 bits per heavy atom. The van der Waals surface area contributed by atoms with Crippen LogP contribution in [0.25, 0.3) is 0 Å². The monoisotopic (exact) mass is 458 g/mol. The predicted octanol–water partition coefficient (Wildman–Crippen LogP) is 4.95. The highest BCUT2D eigenvalue weighted by Crippen LogP contribution is 2.24. The Kier molecular flexibility index (Phi) is 6.87. The number of carbonyl (C=O) groups is 1. The first-order valence-corrected chi connectivity index (χ1v) is 11.4. The van der Waals surface area contributed by atoms with Gasteiger partial charge in [-0.1, -0.05) is 41.4 Å². The van der Waals surface area contributed by atoms with Crippen molar-refractivity contribution < 1.29 is 17.9 Å². The Hall–Kier alpha value is -3.03. The number of benzene rings is 3. The van der Waals surface area contributed by atoms with Crippen molar-refractivity contribution in [1.29, 1.82) is 0 Å². The van der Waals surface area contributed by atoms with E-state index in [1.165, 1.54) is 30.3 Å². The van der Waals surface area contributed by atoms with Crippen molar-refractivity contribution in [2.75, 3.05) is 11.8 Å². The van der Waals surface area contributed by atoms with E-state index in [1.807, 2.05) is 38.1 Å². The molecule has 6 nitrogen and oxygen atoms in total. The van der Waals surface area contributed by atoms with Gasteiger partial charge in [-0.05, 0) is 61.9 Å². The van der Waals surface area contributed by atoms with Crippen LogP contribution in [-0.2, 0) is 10.0 Å². The number of methoxy groups -OCH3 is 1. The minimum absolute atomic E-state index is 0.132. The lowest BCUT2D eigenvalue weighted by Gasteiger charge is -2.16. The molecule has 31 heavy (non-hydrogen) atoms. The van der Waals surface area contributed by atoms with Gasteiger partial charge in [0.05, 0.1) is 28.6 Å². The van der Waals surface area contributed by atoms with Crippen LogP contribution in [0.1, 0.15) is 34.5 Å². The number of hydrogen-bond donors (Lipinski definition) is 2. The van der Waals surface area contributed by atoms with Crippen LogP contribution in [0, 0.1) is 6.92 Å². The van der Waals surface area contributed by atoms with Crippen LogP contribution in [0.2, 0.25) is 5.02 Å². The molecule has 0 aliphatic rings. The van der Waals surface area contributed by atoms with Gasteiger partial charge in [0, 0.05) is 5.69 Å². The van der Waals surface area contributed by atoms with Crippen LogP contribution in [0.4, 0.5) is 5.69 Å². The molecule has 3 rings (SSSR count). The number of hydrogen-bond acceptors (Lipinski definition) is 4. The molecule has 3 aromatic carbocycles. The molecule has 3 aromatic rings. The Labute approximate surface area is 187 Å². The third-order valence-electron chi connectivity index (χ3n) is 4.76. The van der Waals surface area contributed by atoms with E-state index in [0.29, 0.717) is 0 Å². The van der Waals surface area contributed by atoms with Crippen LogP contribution >= 0.6 is 11.6 Å². The highest BCUT2D eigenvalue weighted by Gasteiger charge is 2.18. The van der Waals surface area contributed by atoms with Gasteiger partial charge in [0.1, 0.15) is 5.75 Å². The Bertz CT molecular complexity index is 1180. The molecule has 0 spiro atoms. The first kappa shape index (κ1) is 22.7. The van der Waals surface area contributed by atoms with Crippen LogP contribution in [0.15, 0.2) is 71.6 Å². The van der Waals surface area contributed by atoms with Gasteiger partial charge < -0.3 is 10.1 Å². The van der Waals surface area contributed by atoms with Crippen molar-refractivity contribution in [3.8, 4) is 5.75 Å². The molecule has 8 heteroatoms. The maximum Gasteiger partial charge on any atom is 0.261 e. The summed E-state index contributed by atoms with van der Waals surface area (Å²) in [4.78, 5) is 12.9. The average Bonchev–Trinajstić information content (AvgIpc) is 2.75. The van der Waals surface area contributed by atoms with Crippen molar-refractivity contribution >= 4 is 33.2 Å². The number of rotatable bonds is 7. The minimum atomic E-state index is -3.79.